The monoisotopic (exact) mass is 599 g/mol. The lowest BCUT2D eigenvalue weighted by atomic mass is 10.1. The van der Waals surface area contributed by atoms with Crippen molar-refractivity contribution in [2.45, 2.75) is 19.9 Å². The average Bonchev–Trinajstić information content (AvgIpc) is 3.06. The van der Waals surface area contributed by atoms with E-state index in [9.17, 15) is 4.79 Å². The molecule has 4 rings (SSSR count). The van der Waals surface area contributed by atoms with E-state index in [4.69, 9.17) is 14.2 Å². The molecule has 0 fully saturated rings. The predicted octanol–water partition coefficient (Wildman–Crippen LogP) is 4.33. The van der Waals surface area contributed by atoms with E-state index in [1.54, 1.807) is 19.2 Å². The third-order valence-corrected chi connectivity index (χ3v) is 6.53. The first-order chi connectivity index (χ1) is 21.6. The molecule has 1 heterocycles. The number of nitrogens with one attached hydrogen (secondary N) is 4. The maximum atomic E-state index is 12.0. The summed E-state index contributed by atoms with van der Waals surface area (Å²) in [6.45, 7) is 6.00. The fourth-order valence-corrected chi connectivity index (χ4v) is 4.10. The molecule has 11 heteroatoms. The third-order valence-electron chi connectivity index (χ3n) is 6.53. The van der Waals surface area contributed by atoms with E-state index in [0.717, 1.165) is 17.7 Å². The fraction of sp³-hybridized carbons (Fsp3) is 0.333. The number of aryl methyl sites for hydroxylation is 1. The summed E-state index contributed by atoms with van der Waals surface area (Å²) in [5.41, 5.74) is 4.16. The van der Waals surface area contributed by atoms with Crippen molar-refractivity contribution in [2.75, 3.05) is 69.1 Å². The Kier molecular flexibility index (Phi) is 13.2. The van der Waals surface area contributed by atoms with E-state index in [0.29, 0.717) is 76.0 Å². The molecular formula is C33H41N7O4. The van der Waals surface area contributed by atoms with Crippen LogP contribution in [0, 0.1) is 6.92 Å². The van der Waals surface area contributed by atoms with Crippen LogP contribution in [0.15, 0.2) is 78.9 Å². The van der Waals surface area contributed by atoms with Crippen molar-refractivity contribution in [2.24, 2.45) is 0 Å². The zero-order valence-corrected chi connectivity index (χ0v) is 25.3. The van der Waals surface area contributed by atoms with Gasteiger partial charge in [0.2, 0.25) is 17.8 Å². The summed E-state index contributed by atoms with van der Waals surface area (Å²) in [5, 5.41) is 12.7. The standard InChI is InChI=1S/C33H41N7O4/c1-25-8-10-27(11-9-25)24-37-33-39-31(35-17-16-26-12-14-29(42-2)15-13-26)38-32(40-33)36-19-21-44-23-22-43-20-18-34-30(41)28-6-4-3-5-7-28/h3-15H,16-24H2,1-2H3,(H,34,41)(H3,35,36,37,38,39,40). The highest BCUT2D eigenvalue weighted by Gasteiger charge is 2.08. The quantitative estimate of drug-likeness (QED) is 0.116. The highest BCUT2D eigenvalue weighted by Crippen LogP contribution is 2.14. The fourth-order valence-electron chi connectivity index (χ4n) is 4.10. The van der Waals surface area contributed by atoms with Crippen LogP contribution in [0.25, 0.3) is 0 Å². The highest BCUT2D eigenvalue weighted by molar-refractivity contribution is 5.94. The van der Waals surface area contributed by atoms with Crippen molar-refractivity contribution >= 4 is 23.8 Å². The molecule has 3 aromatic carbocycles. The minimum atomic E-state index is -0.112. The Bertz CT molecular complexity index is 1400. The molecule has 0 radical (unpaired) electrons. The highest BCUT2D eigenvalue weighted by atomic mass is 16.5. The van der Waals surface area contributed by atoms with Crippen molar-refractivity contribution in [1.82, 2.24) is 20.3 Å². The summed E-state index contributed by atoms with van der Waals surface area (Å²) in [6, 6.07) is 25.4. The molecule has 0 bridgehead atoms. The molecule has 44 heavy (non-hydrogen) atoms. The molecule has 4 N–H and O–H groups in total. The molecular weight excluding hydrogens is 558 g/mol. The number of carbonyl (C=O) groups is 1. The zero-order valence-electron chi connectivity index (χ0n) is 25.3. The van der Waals surface area contributed by atoms with Crippen molar-refractivity contribution < 1.29 is 19.0 Å². The van der Waals surface area contributed by atoms with Gasteiger partial charge < -0.3 is 35.5 Å². The number of ether oxygens (including phenoxy) is 3. The molecule has 1 amide bonds. The summed E-state index contributed by atoms with van der Waals surface area (Å²) in [4.78, 5) is 25.7. The van der Waals surface area contributed by atoms with Crippen LogP contribution in [0.1, 0.15) is 27.0 Å². The van der Waals surface area contributed by atoms with Gasteiger partial charge in [-0.25, -0.2) is 0 Å². The van der Waals surface area contributed by atoms with Gasteiger partial charge in [-0.05, 0) is 48.7 Å². The van der Waals surface area contributed by atoms with E-state index < -0.39 is 0 Å². The lowest BCUT2D eigenvalue weighted by Crippen LogP contribution is -2.27. The predicted molar refractivity (Wildman–Crippen MR) is 172 cm³/mol. The summed E-state index contributed by atoms with van der Waals surface area (Å²) >= 11 is 0. The molecule has 0 atom stereocenters. The van der Waals surface area contributed by atoms with Gasteiger partial charge in [-0.1, -0.05) is 60.2 Å². The normalized spacial score (nSPS) is 10.7. The number of benzene rings is 3. The van der Waals surface area contributed by atoms with Crippen LogP contribution >= 0.6 is 0 Å². The number of amides is 1. The van der Waals surface area contributed by atoms with E-state index in [-0.39, 0.29) is 5.91 Å². The maximum Gasteiger partial charge on any atom is 0.251 e. The van der Waals surface area contributed by atoms with E-state index in [2.05, 4.69) is 67.4 Å². The lowest BCUT2D eigenvalue weighted by Gasteiger charge is -2.12. The van der Waals surface area contributed by atoms with Crippen molar-refractivity contribution in [3.8, 4) is 5.75 Å². The molecule has 0 aliphatic rings. The molecule has 0 spiro atoms. The Morgan fingerprint density at radius 1 is 0.659 bits per heavy atom. The Morgan fingerprint density at radius 3 is 1.91 bits per heavy atom. The second kappa shape index (κ2) is 18.0. The first-order valence-corrected chi connectivity index (χ1v) is 14.7. The van der Waals surface area contributed by atoms with Crippen LogP contribution in [0.4, 0.5) is 17.8 Å². The van der Waals surface area contributed by atoms with Crippen molar-refractivity contribution in [1.29, 1.82) is 0 Å². The molecule has 0 saturated carbocycles. The topological polar surface area (TPSA) is 132 Å². The number of hydrogen-bond acceptors (Lipinski definition) is 10. The molecule has 11 nitrogen and oxygen atoms in total. The molecule has 0 saturated heterocycles. The van der Waals surface area contributed by atoms with Gasteiger partial charge in [0, 0.05) is 31.7 Å². The SMILES string of the molecule is COc1ccc(CCNc2nc(NCCOCCOCCNC(=O)c3ccccc3)nc(NCc3ccc(C)cc3)n2)cc1. The number of nitrogens with zero attached hydrogens (tertiary/aromatic N) is 3. The second-order valence-corrected chi connectivity index (χ2v) is 9.94. The van der Waals surface area contributed by atoms with Gasteiger partial charge in [0.25, 0.3) is 5.91 Å². The Balaban J connectivity index is 1.18. The molecule has 232 valence electrons. The van der Waals surface area contributed by atoms with Gasteiger partial charge in [-0.2, -0.15) is 15.0 Å². The Labute approximate surface area is 258 Å². The summed E-state index contributed by atoms with van der Waals surface area (Å²) in [5.74, 6) is 2.13. The number of anilines is 3. The average molecular weight is 600 g/mol. The first kappa shape index (κ1) is 32.2. The first-order valence-electron chi connectivity index (χ1n) is 14.7. The van der Waals surface area contributed by atoms with E-state index >= 15 is 0 Å². The van der Waals surface area contributed by atoms with Gasteiger partial charge in [0.1, 0.15) is 5.75 Å². The summed E-state index contributed by atoms with van der Waals surface area (Å²) in [7, 11) is 1.66. The van der Waals surface area contributed by atoms with Gasteiger partial charge in [-0.3, -0.25) is 4.79 Å². The van der Waals surface area contributed by atoms with Crippen LogP contribution in [-0.2, 0) is 22.4 Å². The minimum absolute atomic E-state index is 0.112. The van der Waals surface area contributed by atoms with Crippen molar-refractivity contribution in [3.63, 3.8) is 0 Å². The van der Waals surface area contributed by atoms with Crippen LogP contribution in [-0.4, -0.2) is 74.0 Å². The molecule has 4 aromatic rings. The van der Waals surface area contributed by atoms with Crippen LogP contribution in [0.3, 0.4) is 0 Å². The molecule has 1 aromatic heterocycles. The Morgan fingerprint density at radius 2 is 1.25 bits per heavy atom. The zero-order chi connectivity index (χ0) is 30.8. The molecule has 0 aliphatic heterocycles. The minimum Gasteiger partial charge on any atom is -0.497 e. The number of methoxy groups -OCH3 is 1. The smallest absolute Gasteiger partial charge is 0.251 e. The summed E-state index contributed by atoms with van der Waals surface area (Å²) in [6.07, 6.45) is 0.805. The van der Waals surface area contributed by atoms with Gasteiger partial charge in [-0.15, -0.1) is 0 Å². The summed E-state index contributed by atoms with van der Waals surface area (Å²) < 4.78 is 16.5. The number of carbonyl (C=O) groups excluding carboxylic acids is 1. The van der Waals surface area contributed by atoms with Gasteiger partial charge >= 0.3 is 0 Å². The van der Waals surface area contributed by atoms with Crippen molar-refractivity contribution in [3.05, 3.63) is 101 Å². The molecule has 0 aliphatic carbocycles. The number of hydrogen-bond donors (Lipinski definition) is 4. The third kappa shape index (κ3) is 11.5. The van der Waals surface area contributed by atoms with Crippen LogP contribution in [0.5, 0.6) is 5.75 Å². The molecule has 0 unspecified atom stereocenters. The van der Waals surface area contributed by atoms with E-state index in [1.807, 2.05) is 42.5 Å². The van der Waals surface area contributed by atoms with Gasteiger partial charge in [0.05, 0.1) is 33.5 Å². The second-order valence-electron chi connectivity index (χ2n) is 9.94. The Hall–Kier alpha value is -4.74. The largest absolute Gasteiger partial charge is 0.497 e. The maximum absolute atomic E-state index is 12.0. The van der Waals surface area contributed by atoms with E-state index in [1.165, 1.54) is 11.1 Å². The number of rotatable bonds is 19. The van der Waals surface area contributed by atoms with Crippen LogP contribution in [0.2, 0.25) is 0 Å². The van der Waals surface area contributed by atoms with Gasteiger partial charge in [0.15, 0.2) is 0 Å². The lowest BCUT2D eigenvalue weighted by molar-refractivity contribution is 0.0519. The number of aromatic nitrogens is 3. The van der Waals surface area contributed by atoms with Crippen LogP contribution < -0.4 is 26.0 Å².